The number of hydrogen-bond donors (Lipinski definition) is 5. The van der Waals surface area contributed by atoms with Crippen LogP contribution in [0.4, 0.5) is 23.2 Å². The van der Waals surface area contributed by atoms with E-state index in [0.717, 1.165) is 36.6 Å². The van der Waals surface area contributed by atoms with E-state index in [1.807, 2.05) is 0 Å². The lowest BCUT2D eigenvalue weighted by Gasteiger charge is -2.31. The molecule has 0 bridgehead atoms. The molecule has 2 aromatic carbocycles. The number of aliphatic hydroxyl groups is 1. The van der Waals surface area contributed by atoms with Gasteiger partial charge in [0.15, 0.2) is 0 Å². The number of ether oxygens (including phenoxy) is 1. The predicted octanol–water partition coefficient (Wildman–Crippen LogP) is 4.26. The van der Waals surface area contributed by atoms with Gasteiger partial charge in [0.25, 0.3) is 5.91 Å². The second kappa shape index (κ2) is 9.97. The number of rotatable bonds is 8. The van der Waals surface area contributed by atoms with E-state index in [1.54, 1.807) is 12.3 Å². The van der Waals surface area contributed by atoms with Gasteiger partial charge in [-0.2, -0.15) is 13.2 Å². The number of nitrogens with two attached hydrogens (primary N) is 1. The summed E-state index contributed by atoms with van der Waals surface area (Å²) in [5.41, 5.74) is 0.949. The van der Waals surface area contributed by atoms with Crippen molar-refractivity contribution in [3.63, 3.8) is 0 Å². The maximum absolute atomic E-state index is 14.7. The van der Waals surface area contributed by atoms with Crippen LogP contribution in [0.5, 0.6) is 5.75 Å². The molecule has 0 spiro atoms. The SMILES string of the molecule is C[C@]1(C(N)=O)COc2c1cc(C(O)(CNC(=O)c1cc(NC3CC3)c3[nH]ccc3c1)C(F)(F)F)nc2-c1ccc(F)cc1. The van der Waals surface area contributed by atoms with E-state index in [9.17, 15) is 32.3 Å². The Labute approximate surface area is 242 Å². The predicted molar refractivity (Wildman–Crippen MR) is 149 cm³/mol. The summed E-state index contributed by atoms with van der Waals surface area (Å²) in [6, 6.07) is 10.7. The highest BCUT2D eigenvalue weighted by Crippen LogP contribution is 2.47. The van der Waals surface area contributed by atoms with Crippen LogP contribution in [0.2, 0.25) is 0 Å². The first kappa shape index (κ1) is 28.5. The zero-order valence-electron chi connectivity index (χ0n) is 22.8. The topological polar surface area (TPSA) is 142 Å². The molecule has 43 heavy (non-hydrogen) atoms. The highest BCUT2D eigenvalue weighted by atomic mass is 19.4. The average Bonchev–Trinajstić information content (AvgIpc) is 3.52. The van der Waals surface area contributed by atoms with Gasteiger partial charge in [-0.05, 0) is 68.3 Å². The summed E-state index contributed by atoms with van der Waals surface area (Å²) in [7, 11) is 0. The van der Waals surface area contributed by atoms with Crippen molar-refractivity contribution in [1.29, 1.82) is 0 Å². The summed E-state index contributed by atoms with van der Waals surface area (Å²) >= 11 is 0. The number of hydrogen-bond acceptors (Lipinski definition) is 6. The minimum atomic E-state index is -5.33. The smallest absolute Gasteiger partial charge is 0.424 e. The third-order valence-electron chi connectivity index (χ3n) is 7.99. The zero-order chi connectivity index (χ0) is 30.7. The molecule has 2 atom stereocenters. The number of nitrogens with zero attached hydrogens (tertiary/aromatic N) is 1. The minimum Gasteiger partial charge on any atom is -0.489 e. The molecule has 6 N–H and O–H groups in total. The molecule has 2 amide bonds. The highest BCUT2D eigenvalue weighted by Gasteiger charge is 2.57. The molecule has 1 aliphatic carbocycles. The van der Waals surface area contributed by atoms with Gasteiger partial charge in [0.1, 0.15) is 29.3 Å². The molecule has 1 fully saturated rings. The van der Waals surface area contributed by atoms with Crippen molar-refractivity contribution in [3.8, 4) is 17.0 Å². The number of carbonyl (C=O) groups is 2. The van der Waals surface area contributed by atoms with Gasteiger partial charge in [-0.25, -0.2) is 9.37 Å². The normalized spacial score (nSPS) is 19.4. The number of pyridine rings is 1. The number of aromatic nitrogens is 2. The molecule has 224 valence electrons. The first-order valence-corrected chi connectivity index (χ1v) is 13.5. The number of amides is 2. The molecular formula is C30H27F4N5O4. The van der Waals surface area contributed by atoms with Crippen molar-refractivity contribution in [2.45, 2.75) is 43.0 Å². The Hall–Kier alpha value is -4.65. The largest absolute Gasteiger partial charge is 0.489 e. The summed E-state index contributed by atoms with van der Waals surface area (Å²) in [6.07, 6.45) is -1.71. The van der Waals surface area contributed by atoms with Crippen LogP contribution in [0, 0.1) is 5.82 Å². The zero-order valence-corrected chi connectivity index (χ0v) is 22.8. The standard InChI is InChI=1S/C30H27F4N5O4/c1-28(27(35)41)14-43-25-20(28)12-22(39-24(25)15-2-4-18(31)5-3-15)29(42,30(32,33)34)13-37-26(40)17-10-16-8-9-36-23(16)21(11-17)38-19-6-7-19/h2-5,8-12,19,36,38,42H,6-7,13-14H2,1H3,(H2,35,41)(H,37,40)/t28-,29?/m0/s1. The van der Waals surface area contributed by atoms with E-state index in [2.05, 4.69) is 20.6 Å². The van der Waals surface area contributed by atoms with E-state index >= 15 is 0 Å². The van der Waals surface area contributed by atoms with Crippen LogP contribution in [0.3, 0.4) is 0 Å². The van der Waals surface area contributed by atoms with Gasteiger partial charge in [0.05, 0.1) is 23.4 Å². The Morgan fingerprint density at radius 2 is 1.88 bits per heavy atom. The number of fused-ring (bicyclic) bond motifs is 2. The van der Waals surface area contributed by atoms with Crippen LogP contribution >= 0.6 is 0 Å². The lowest BCUT2D eigenvalue weighted by Crippen LogP contribution is -2.51. The summed E-state index contributed by atoms with van der Waals surface area (Å²) in [4.78, 5) is 32.8. The second-order valence-electron chi connectivity index (χ2n) is 11.1. The van der Waals surface area contributed by atoms with Crippen molar-refractivity contribution in [2.75, 3.05) is 18.5 Å². The summed E-state index contributed by atoms with van der Waals surface area (Å²) in [5.74, 6) is -2.33. The van der Waals surface area contributed by atoms with E-state index < -0.39 is 47.1 Å². The Morgan fingerprint density at radius 3 is 2.53 bits per heavy atom. The number of halogens is 4. The number of carbonyl (C=O) groups excluding carboxylic acids is 2. The molecular weight excluding hydrogens is 570 g/mol. The summed E-state index contributed by atoms with van der Waals surface area (Å²) in [5, 5.41) is 17.5. The van der Waals surface area contributed by atoms with Crippen molar-refractivity contribution in [3.05, 3.63) is 77.4 Å². The molecule has 6 rings (SSSR count). The number of anilines is 1. The third kappa shape index (κ3) is 4.92. The van der Waals surface area contributed by atoms with Crippen LogP contribution in [-0.4, -0.2) is 52.3 Å². The fourth-order valence-electron chi connectivity index (χ4n) is 5.11. The first-order valence-electron chi connectivity index (χ1n) is 13.5. The second-order valence-corrected chi connectivity index (χ2v) is 11.1. The van der Waals surface area contributed by atoms with E-state index in [0.29, 0.717) is 11.1 Å². The summed E-state index contributed by atoms with van der Waals surface area (Å²) in [6.45, 7) is -0.177. The molecule has 1 unspecified atom stereocenters. The first-order chi connectivity index (χ1) is 20.3. The molecule has 3 heterocycles. The van der Waals surface area contributed by atoms with E-state index in [-0.39, 0.29) is 40.8 Å². The monoisotopic (exact) mass is 597 g/mol. The van der Waals surface area contributed by atoms with Crippen LogP contribution < -0.4 is 21.1 Å². The Bertz CT molecular complexity index is 1750. The quantitative estimate of drug-likeness (QED) is 0.192. The number of alkyl halides is 3. The Balaban J connectivity index is 1.40. The third-order valence-corrected chi connectivity index (χ3v) is 7.99. The minimum absolute atomic E-state index is 0.0132. The van der Waals surface area contributed by atoms with E-state index in [4.69, 9.17) is 10.5 Å². The molecule has 4 aromatic rings. The van der Waals surface area contributed by atoms with Gasteiger partial charge in [0, 0.05) is 34.3 Å². The molecule has 2 aliphatic rings. The van der Waals surface area contributed by atoms with E-state index in [1.165, 1.54) is 31.2 Å². The number of aromatic amines is 1. The van der Waals surface area contributed by atoms with Crippen molar-refractivity contribution in [1.82, 2.24) is 15.3 Å². The maximum Gasteiger partial charge on any atom is 0.424 e. The molecule has 13 heteroatoms. The van der Waals surface area contributed by atoms with Crippen molar-refractivity contribution in [2.24, 2.45) is 5.73 Å². The van der Waals surface area contributed by atoms with Gasteiger partial charge >= 0.3 is 6.18 Å². The number of H-pyrrole nitrogens is 1. The molecule has 9 nitrogen and oxygen atoms in total. The van der Waals surface area contributed by atoms with Gasteiger partial charge in [-0.1, -0.05) is 0 Å². The lowest BCUT2D eigenvalue weighted by molar-refractivity contribution is -0.265. The van der Waals surface area contributed by atoms with Gasteiger partial charge in [-0.3, -0.25) is 9.59 Å². The van der Waals surface area contributed by atoms with Gasteiger partial charge < -0.3 is 31.2 Å². The van der Waals surface area contributed by atoms with Crippen LogP contribution in [0.25, 0.3) is 22.2 Å². The van der Waals surface area contributed by atoms with Gasteiger partial charge in [0.2, 0.25) is 11.5 Å². The van der Waals surface area contributed by atoms with Crippen LogP contribution in [0.15, 0.2) is 54.7 Å². The molecule has 0 radical (unpaired) electrons. The van der Waals surface area contributed by atoms with Crippen LogP contribution in [0.1, 0.15) is 41.4 Å². The van der Waals surface area contributed by atoms with Crippen molar-refractivity contribution >= 4 is 28.4 Å². The Kier molecular flexibility index (Phi) is 6.60. The fourth-order valence-corrected chi connectivity index (χ4v) is 5.11. The maximum atomic E-state index is 14.7. The molecule has 2 aromatic heterocycles. The number of primary amides is 1. The van der Waals surface area contributed by atoms with Crippen molar-refractivity contribution < 1.29 is 37.0 Å². The Morgan fingerprint density at radius 1 is 1.16 bits per heavy atom. The average molecular weight is 598 g/mol. The van der Waals surface area contributed by atoms with Gasteiger partial charge in [-0.15, -0.1) is 0 Å². The number of nitrogens with one attached hydrogen (secondary N) is 3. The molecule has 1 saturated carbocycles. The van der Waals surface area contributed by atoms with Crippen LogP contribution in [-0.2, 0) is 15.8 Å². The molecule has 1 aliphatic heterocycles. The number of benzene rings is 2. The molecule has 0 saturated heterocycles. The fraction of sp³-hybridized carbons (Fsp3) is 0.300. The highest BCUT2D eigenvalue weighted by molar-refractivity contribution is 6.02. The summed E-state index contributed by atoms with van der Waals surface area (Å²) < 4.78 is 63.4. The lowest BCUT2D eigenvalue weighted by atomic mass is 9.81.